The van der Waals surface area contributed by atoms with Crippen LogP contribution >= 0.6 is 23.1 Å². The predicted octanol–water partition coefficient (Wildman–Crippen LogP) is 5.33. The zero-order chi connectivity index (χ0) is 20.6. The average molecular weight is 428 g/mol. The van der Waals surface area contributed by atoms with Crippen LogP contribution < -0.4 is 5.32 Å². The third-order valence-corrected chi connectivity index (χ3v) is 5.60. The Labute approximate surface area is 176 Å². The van der Waals surface area contributed by atoms with E-state index in [1.165, 1.54) is 35.2 Å². The highest BCUT2D eigenvalue weighted by Crippen LogP contribution is 2.26. The van der Waals surface area contributed by atoms with Crippen LogP contribution in [0.15, 0.2) is 70.9 Å². The minimum atomic E-state index is -0.620. The van der Waals surface area contributed by atoms with Crippen molar-refractivity contribution in [2.75, 3.05) is 18.2 Å². The van der Waals surface area contributed by atoms with E-state index in [0.29, 0.717) is 21.7 Å². The van der Waals surface area contributed by atoms with Gasteiger partial charge in [-0.05, 0) is 53.6 Å². The van der Waals surface area contributed by atoms with Gasteiger partial charge in [-0.2, -0.15) is 0 Å². The second-order valence-electron chi connectivity index (χ2n) is 5.91. The Kier molecular flexibility index (Phi) is 7.21. The van der Waals surface area contributed by atoms with Crippen LogP contribution in [0.3, 0.4) is 0 Å². The van der Waals surface area contributed by atoms with Crippen molar-refractivity contribution in [3.05, 3.63) is 82.3 Å². The van der Waals surface area contributed by atoms with E-state index in [1.54, 1.807) is 30.3 Å². The standard InChI is InChI=1S/C22H18FNO3S2/c1-28-20-6-3-2-5-18(20)24-21(25)14-27-22(26)17(19-7-4-12-29-19)13-15-8-10-16(23)11-9-15/h2-13H,14H2,1H3,(H,24,25)/b17-13+. The van der Waals surface area contributed by atoms with E-state index in [9.17, 15) is 14.0 Å². The van der Waals surface area contributed by atoms with E-state index in [4.69, 9.17) is 4.74 Å². The second kappa shape index (κ2) is 10.0. The Balaban J connectivity index is 1.70. The number of hydrogen-bond acceptors (Lipinski definition) is 5. The number of ether oxygens (including phenoxy) is 1. The maximum absolute atomic E-state index is 13.1. The number of hydrogen-bond donors (Lipinski definition) is 1. The molecule has 0 atom stereocenters. The van der Waals surface area contributed by atoms with E-state index < -0.39 is 18.5 Å². The third-order valence-electron chi connectivity index (χ3n) is 3.90. The highest BCUT2D eigenvalue weighted by molar-refractivity contribution is 7.98. The molecule has 4 nitrogen and oxygen atoms in total. The highest BCUT2D eigenvalue weighted by Gasteiger charge is 2.17. The number of halogens is 1. The quantitative estimate of drug-likeness (QED) is 0.315. The molecule has 0 saturated heterocycles. The number of amides is 1. The Bertz CT molecular complexity index is 1010. The minimum Gasteiger partial charge on any atom is -0.452 e. The Hall–Kier alpha value is -2.90. The first-order valence-corrected chi connectivity index (χ1v) is 10.8. The lowest BCUT2D eigenvalue weighted by Crippen LogP contribution is -2.21. The third kappa shape index (κ3) is 5.79. The average Bonchev–Trinajstić information content (AvgIpc) is 3.26. The van der Waals surface area contributed by atoms with Gasteiger partial charge in [0.15, 0.2) is 6.61 Å². The molecule has 0 aliphatic rings. The highest BCUT2D eigenvalue weighted by atomic mass is 32.2. The Morgan fingerprint density at radius 3 is 2.55 bits per heavy atom. The summed E-state index contributed by atoms with van der Waals surface area (Å²) in [6, 6.07) is 16.8. The first-order chi connectivity index (χ1) is 14.1. The number of esters is 1. The largest absolute Gasteiger partial charge is 0.452 e. The van der Waals surface area contributed by atoms with Gasteiger partial charge in [-0.15, -0.1) is 23.1 Å². The summed E-state index contributed by atoms with van der Waals surface area (Å²) < 4.78 is 18.4. The van der Waals surface area contributed by atoms with Crippen LogP contribution in [0.5, 0.6) is 0 Å². The van der Waals surface area contributed by atoms with Gasteiger partial charge in [-0.1, -0.05) is 30.3 Å². The van der Waals surface area contributed by atoms with E-state index in [0.717, 1.165) is 4.90 Å². The molecule has 3 rings (SSSR count). The molecule has 0 unspecified atom stereocenters. The van der Waals surface area contributed by atoms with E-state index in [2.05, 4.69) is 5.32 Å². The van der Waals surface area contributed by atoms with Gasteiger partial charge in [0, 0.05) is 9.77 Å². The summed E-state index contributed by atoms with van der Waals surface area (Å²) in [5.41, 5.74) is 1.63. The van der Waals surface area contributed by atoms with Crippen molar-refractivity contribution in [1.29, 1.82) is 0 Å². The van der Waals surface area contributed by atoms with Crippen molar-refractivity contribution in [2.45, 2.75) is 4.90 Å². The topological polar surface area (TPSA) is 55.4 Å². The maximum Gasteiger partial charge on any atom is 0.340 e. The molecule has 1 amide bonds. The molecular weight excluding hydrogens is 409 g/mol. The summed E-state index contributed by atoms with van der Waals surface area (Å²) in [4.78, 5) is 26.5. The van der Waals surface area contributed by atoms with Gasteiger partial charge in [0.2, 0.25) is 0 Å². The molecule has 0 spiro atoms. The fourth-order valence-corrected chi connectivity index (χ4v) is 3.81. The van der Waals surface area contributed by atoms with Crippen LogP contribution in [0.2, 0.25) is 0 Å². The lowest BCUT2D eigenvalue weighted by atomic mass is 10.1. The predicted molar refractivity (Wildman–Crippen MR) is 116 cm³/mol. The molecule has 29 heavy (non-hydrogen) atoms. The van der Waals surface area contributed by atoms with Crippen LogP contribution in [0.1, 0.15) is 10.4 Å². The first kappa shape index (κ1) is 20.8. The SMILES string of the molecule is CSc1ccccc1NC(=O)COC(=O)/C(=C/c1ccc(F)cc1)c1cccs1. The summed E-state index contributed by atoms with van der Waals surface area (Å²) in [6.45, 7) is -0.409. The molecule has 0 fully saturated rings. The van der Waals surface area contributed by atoms with E-state index in [-0.39, 0.29) is 5.82 Å². The van der Waals surface area contributed by atoms with E-state index in [1.807, 2.05) is 35.9 Å². The number of carbonyl (C=O) groups is 2. The number of carbonyl (C=O) groups excluding carboxylic acids is 2. The smallest absolute Gasteiger partial charge is 0.340 e. The van der Waals surface area contributed by atoms with Gasteiger partial charge in [0.05, 0.1) is 11.3 Å². The maximum atomic E-state index is 13.1. The number of thiophene rings is 1. The lowest BCUT2D eigenvalue weighted by Gasteiger charge is -2.10. The number of para-hydroxylation sites is 1. The molecule has 0 aliphatic heterocycles. The van der Waals surface area contributed by atoms with Gasteiger partial charge in [0.1, 0.15) is 5.82 Å². The molecule has 3 aromatic rings. The summed E-state index contributed by atoms with van der Waals surface area (Å²) >= 11 is 2.89. The summed E-state index contributed by atoms with van der Waals surface area (Å²) in [5.74, 6) is -1.40. The molecule has 1 aromatic heterocycles. The molecular formula is C22H18FNO3S2. The minimum absolute atomic E-state index is 0.309. The number of anilines is 1. The molecule has 148 valence electrons. The van der Waals surface area contributed by atoms with E-state index >= 15 is 0 Å². The number of benzene rings is 2. The van der Waals surface area contributed by atoms with Crippen molar-refractivity contribution >= 4 is 52.3 Å². The summed E-state index contributed by atoms with van der Waals surface area (Å²) in [6.07, 6.45) is 3.53. The van der Waals surface area contributed by atoms with Crippen molar-refractivity contribution in [1.82, 2.24) is 0 Å². The summed E-state index contributed by atoms with van der Waals surface area (Å²) in [7, 11) is 0. The van der Waals surface area contributed by atoms with Crippen LogP contribution in [0.25, 0.3) is 11.6 Å². The van der Waals surface area contributed by atoms with Gasteiger partial charge in [0.25, 0.3) is 5.91 Å². The van der Waals surface area contributed by atoms with Gasteiger partial charge in [-0.3, -0.25) is 4.79 Å². The van der Waals surface area contributed by atoms with Crippen LogP contribution in [-0.4, -0.2) is 24.7 Å². The van der Waals surface area contributed by atoms with Crippen molar-refractivity contribution in [3.8, 4) is 0 Å². The van der Waals surface area contributed by atoms with Gasteiger partial charge < -0.3 is 10.1 Å². The number of rotatable bonds is 7. The van der Waals surface area contributed by atoms with Crippen LogP contribution in [-0.2, 0) is 14.3 Å². The second-order valence-corrected chi connectivity index (χ2v) is 7.71. The van der Waals surface area contributed by atoms with Crippen molar-refractivity contribution in [3.63, 3.8) is 0 Å². The van der Waals surface area contributed by atoms with Crippen LogP contribution in [0, 0.1) is 5.82 Å². The van der Waals surface area contributed by atoms with Crippen molar-refractivity contribution < 1.29 is 18.7 Å². The first-order valence-electron chi connectivity index (χ1n) is 8.68. The van der Waals surface area contributed by atoms with Crippen molar-refractivity contribution in [2.24, 2.45) is 0 Å². The van der Waals surface area contributed by atoms with Gasteiger partial charge in [-0.25, -0.2) is 9.18 Å². The number of thioether (sulfide) groups is 1. The molecule has 1 heterocycles. The Morgan fingerprint density at radius 2 is 1.86 bits per heavy atom. The van der Waals surface area contributed by atoms with Crippen LogP contribution in [0.4, 0.5) is 10.1 Å². The molecule has 0 bridgehead atoms. The molecule has 7 heteroatoms. The molecule has 0 saturated carbocycles. The zero-order valence-corrected chi connectivity index (χ0v) is 17.2. The fourth-order valence-electron chi connectivity index (χ4n) is 2.53. The number of nitrogens with one attached hydrogen (secondary N) is 1. The molecule has 0 aliphatic carbocycles. The lowest BCUT2D eigenvalue weighted by molar-refractivity contribution is -0.141. The zero-order valence-electron chi connectivity index (χ0n) is 15.6. The normalized spacial score (nSPS) is 11.2. The summed E-state index contributed by atoms with van der Waals surface area (Å²) in [5, 5.41) is 4.59. The molecule has 0 radical (unpaired) electrons. The Morgan fingerprint density at radius 1 is 1.10 bits per heavy atom. The fraction of sp³-hybridized carbons (Fsp3) is 0.0909. The molecule has 1 N–H and O–H groups in total. The molecule has 2 aromatic carbocycles. The monoisotopic (exact) mass is 427 g/mol. The van der Waals surface area contributed by atoms with Gasteiger partial charge >= 0.3 is 5.97 Å².